The quantitative estimate of drug-likeness (QED) is 0.728. The second-order valence-electron chi connectivity index (χ2n) is 4.43. The lowest BCUT2D eigenvalue weighted by atomic mass is 10.2. The molecule has 2 aromatic heterocycles. The highest BCUT2D eigenvalue weighted by molar-refractivity contribution is 7.89. The molecule has 0 amide bonds. The molecule has 0 atom stereocenters. The van der Waals surface area contributed by atoms with Gasteiger partial charge in [0.15, 0.2) is 0 Å². The van der Waals surface area contributed by atoms with Crippen molar-refractivity contribution in [2.45, 2.75) is 11.3 Å². The Kier molecular flexibility index (Phi) is 3.63. The van der Waals surface area contributed by atoms with E-state index >= 15 is 0 Å². The zero-order valence-electron chi connectivity index (χ0n) is 11.0. The summed E-state index contributed by atoms with van der Waals surface area (Å²) in [5, 5.41) is 7.84. The van der Waals surface area contributed by atoms with E-state index in [4.69, 9.17) is 0 Å². The molecule has 0 unspecified atom stereocenters. The number of aromatic nitrogens is 4. The van der Waals surface area contributed by atoms with Crippen molar-refractivity contribution >= 4 is 20.8 Å². The standard InChI is InChI=1S/C13H13N5O2S/c19-21(20,17-7-5-13-15-9-16-18-13)12-3-1-2-10-8-14-6-4-11(10)12/h1-4,6,8-9,17H,5,7H2,(H,15,16,18). The van der Waals surface area contributed by atoms with Crippen LogP contribution < -0.4 is 4.72 Å². The summed E-state index contributed by atoms with van der Waals surface area (Å²) in [6.45, 7) is 0.249. The van der Waals surface area contributed by atoms with Crippen molar-refractivity contribution in [1.29, 1.82) is 0 Å². The molecule has 2 heterocycles. The van der Waals surface area contributed by atoms with E-state index in [9.17, 15) is 8.42 Å². The van der Waals surface area contributed by atoms with Gasteiger partial charge in [0.1, 0.15) is 12.2 Å². The molecular weight excluding hydrogens is 290 g/mol. The Balaban J connectivity index is 1.83. The first-order valence-corrected chi connectivity index (χ1v) is 7.82. The fraction of sp³-hybridized carbons (Fsp3) is 0.154. The van der Waals surface area contributed by atoms with Crippen LogP contribution in [0, 0.1) is 0 Å². The molecule has 3 aromatic rings. The minimum atomic E-state index is -3.58. The van der Waals surface area contributed by atoms with E-state index in [2.05, 4.69) is 24.9 Å². The number of nitrogens with zero attached hydrogens (tertiary/aromatic N) is 3. The molecule has 0 aliphatic carbocycles. The monoisotopic (exact) mass is 303 g/mol. The third-order valence-corrected chi connectivity index (χ3v) is 4.57. The highest BCUT2D eigenvalue weighted by atomic mass is 32.2. The average Bonchev–Trinajstić information content (AvgIpc) is 3.00. The van der Waals surface area contributed by atoms with E-state index in [1.54, 1.807) is 30.6 Å². The molecule has 21 heavy (non-hydrogen) atoms. The van der Waals surface area contributed by atoms with E-state index in [1.807, 2.05) is 6.07 Å². The predicted molar refractivity (Wildman–Crippen MR) is 77.0 cm³/mol. The predicted octanol–water partition coefficient (Wildman–Crippen LogP) is 0.874. The first kappa shape index (κ1) is 13.7. The number of H-pyrrole nitrogens is 1. The molecule has 0 aliphatic heterocycles. The van der Waals surface area contributed by atoms with Crippen molar-refractivity contribution in [1.82, 2.24) is 24.9 Å². The Bertz CT molecular complexity index is 841. The van der Waals surface area contributed by atoms with Gasteiger partial charge in [-0.2, -0.15) is 5.10 Å². The van der Waals surface area contributed by atoms with Gasteiger partial charge in [-0.25, -0.2) is 18.1 Å². The smallest absolute Gasteiger partial charge is 0.241 e. The maximum Gasteiger partial charge on any atom is 0.241 e. The third-order valence-electron chi connectivity index (χ3n) is 3.05. The Morgan fingerprint density at radius 3 is 2.95 bits per heavy atom. The Hall–Kier alpha value is -2.32. The maximum atomic E-state index is 12.4. The van der Waals surface area contributed by atoms with Crippen LogP contribution in [0.4, 0.5) is 0 Å². The molecule has 0 radical (unpaired) electrons. The second-order valence-corrected chi connectivity index (χ2v) is 6.17. The normalized spacial score (nSPS) is 11.8. The van der Waals surface area contributed by atoms with Crippen LogP contribution in [-0.2, 0) is 16.4 Å². The number of hydrogen-bond acceptors (Lipinski definition) is 5. The van der Waals surface area contributed by atoms with Crippen LogP contribution in [-0.4, -0.2) is 35.1 Å². The Morgan fingerprint density at radius 1 is 1.24 bits per heavy atom. The van der Waals surface area contributed by atoms with Gasteiger partial charge < -0.3 is 0 Å². The van der Waals surface area contributed by atoms with Gasteiger partial charge in [-0.1, -0.05) is 12.1 Å². The van der Waals surface area contributed by atoms with Gasteiger partial charge in [-0.3, -0.25) is 10.1 Å². The number of hydrogen-bond donors (Lipinski definition) is 2. The summed E-state index contributed by atoms with van der Waals surface area (Å²) in [4.78, 5) is 8.20. The molecule has 0 aliphatic rings. The summed E-state index contributed by atoms with van der Waals surface area (Å²) in [6.07, 6.45) is 5.06. The number of nitrogens with one attached hydrogen (secondary N) is 2. The van der Waals surface area contributed by atoms with Gasteiger partial charge in [0.05, 0.1) is 4.90 Å². The Labute approximate surface area is 121 Å². The zero-order valence-corrected chi connectivity index (χ0v) is 11.8. The summed E-state index contributed by atoms with van der Waals surface area (Å²) in [6, 6.07) is 6.81. The Morgan fingerprint density at radius 2 is 2.14 bits per heavy atom. The number of aromatic amines is 1. The highest BCUT2D eigenvalue weighted by Gasteiger charge is 2.16. The molecule has 7 nitrogen and oxygen atoms in total. The summed E-state index contributed by atoms with van der Waals surface area (Å²) in [5.41, 5.74) is 0. The summed E-state index contributed by atoms with van der Waals surface area (Å²) in [5.74, 6) is 0.639. The van der Waals surface area contributed by atoms with Gasteiger partial charge >= 0.3 is 0 Å². The van der Waals surface area contributed by atoms with Crippen LogP contribution in [0.3, 0.4) is 0 Å². The van der Waals surface area contributed by atoms with Gasteiger partial charge in [-0.05, 0) is 12.1 Å². The zero-order chi connectivity index (χ0) is 14.7. The van der Waals surface area contributed by atoms with E-state index in [0.29, 0.717) is 17.6 Å². The van der Waals surface area contributed by atoms with Gasteiger partial charge in [0.2, 0.25) is 10.0 Å². The van der Waals surface area contributed by atoms with Gasteiger partial charge in [-0.15, -0.1) is 0 Å². The number of benzene rings is 1. The van der Waals surface area contributed by atoms with E-state index < -0.39 is 10.0 Å². The second kappa shape index (κ2) is 5.58. The van der Waals surface area contributed by atoms with Crippen LogP contribution in [0.15, 0.2) is 47.9 Å². The largest absolute Gasteiger partial charge is 0.264 e. The molecule has 0 saturated carbocycles. The molecule has 1 aromatic carbocycles. The molecule has 8 heteroatoms. The maximum absolute atomic E-state index is 12.4. The summed E-state index contributed by atoms with van der Waals surface area (Å²) >= 11 is 0. The van der Waals surface area contributed by atoms with Crippen molar-refractivity contribution < 1.29 is 8.42 Å². The summed E-state index contributed by atoms with van der Waals surface area (Å²) < 4.78 is 27.4. The van der Waals surface area contributed by atoms with Crippen molar-refractivity contribution in [2.75, 3.05) is 6.54 Å². The molecule has 0 spiro atoms. The van der Waals surface area contributed by atoms with Crippen molar-refractivity contribution in [3.05, 3.63) is 48.8 Å². The van der Waals surface area contributed by atoms with Crippen LogP contribution in [0.1, 0.15) is 5.82 Å². The van der Waals surface area contributed by atoms with Gasteiger partial charge in [0, 0.05) is 36.1 Å². The fourth-order valence-electron chi connectivity index (χ4n) is 2.06. The topological polar surface area (TPSA) is 101 Å². The number of pyridine rings is 1. The van der Waals surface area contributed by atoms with E-state index in [0.717, 1.165) is 5.39 Å². The lowest BCUT2D eigenvalue weighted by Gasteiger charge is -2.08. The molecule has 3 rings (SSSR count). The van der Waals surface area contributed by atoms with Crippen molar-refractivity contribution in [2.24, 2.45) is 0 Å². The van der Waals surface area contributed by atoms with Crippen LogP contribution in [0.25, 0.3) is 10.8 Å². The number of sulfonamides is 1. The highest BCUT2D eigenvalue weighted by Crippen LogP contribution is 2.21. The van der Waals surface area contributed by atoms with Crippen LogP contribution >= 0.6 is 0 Å². The SMILES string of the molecule is O=S(=O)(NCCc1ncn[nH]1)c1cccc2cnccc12. The molecule has 0 saturated heterocycles. The molecule has 108 valence electrons. The van der Waals surface area contributed by atoms with Gasteiger partial charge in [0.25, 0.3) is 0 Å². The third kappa shape index (κ3) is 2.91. The lowest BCUT2D eigenvalue weighted by molar-refractivity contribution is 0.582. The molecule has 0 fully saturated rings. The van der Waals surface area contributed by atoms with Crippen LogP contribution in [0.2, 0.25) is 0 Å². The first-order valence-electron chi connectivity index (χ1n) is 6.33. The molecule has 0 bridgehead atoms. The lowest BCUT2D eigenvalue weighted by Crippen LogP contribution is -2.26. The van der Waals surface area contributed by atoms with Crippen molar-refractivity contribution in [3.8, 4) is 0 Å². The number of rotatable bonds is 5. The minimum absolute atomic E-state index is 0.249. The van der Waals surface area contributed by atoms with Crippen molar-refractivity contribution in [3.63, 3.8) is 0 Å². The fourth-order valence-corrected chi connectivity index (χ4v) is 3.32. The first-order chi connectivity index (χ1) is 10.2. The molecular formula is C13H13N5O2S. The number of fused-ring (bicyclic) bond motifs is 1. The van der Waals surface area contributed by atoms with Crippen LogP contribution in [0.5, 0.6) is 0 Å². The minimum Gasteiger partial charge on any atom is -0.264 e. The van der Waals surface area contributed by atoms with E-state index in [-0.39, 0.29) is 11.4 Å². The molecule has 2 N–H and O–H groups in total. The average molecular weight is 303 g/mol. The summed E-state index contributed by atoms with van der Waals surface area (Å²) in [7, 11) is -3.58. The van der Waals surface area contributed by atoms with E-state index in [1.165, 1.54) is 6.33 Å².